The first-order chi connectivity index (χ1) is 14.7. The summed E-state index contributed by atoms with van der Waals surface area (Å²) in [6.45, 7) is 4.79. The minimum absolute atomic E-state index is 0.242. The van der Waals surface area contributed by atoms with Gasteiger partial charge in [0.15, 0.2) is 6.61 Å². The lowest BCUT2D eigenvalue weighted by atomic mass is 9.94. The second-order valence-electron chi connectivity index (χ2n) is 7.27. The lowest BCUT2D eigenvalue weighted by Crippen LogP contribution is -2.48. The van der Waals surface area contributed by atoms with E-state index in [9.17, 15) is 19.2 Å². The van der Waals surface area contributed by atoms with Crippen molar-refractivity contribution < 1.29 is 28.7 Å². The Bertz CT molecular complexity index is 1040. The van der Waals surface area contributed by atoms with Gasteiger partial charge in [-0.3, -0.25) is 9.59 Å². The summed E-state index contributed by atoms with van der Waals surface area (Å²) in [7, 11) is 1.27. The highest BCUT2D eigenvalue weighted by atomic mass is 32.1. The van der Waals surface area contributed by atoms with E-state index < -0.39 is 30.5 Å². The monoisotopic (exact) mass is 444 g/mol. The van der Waals surface area contributed by atoms with Gasteiger partial charge in [0.2, 0.25) is 5.91 Å². The Morgan fingerprint density at radius 2 is 1.84 bits per heavy atom. The van der Waals surface area contributed by atoms with Crippen molar-refractivity contribution in [3.8, 4) is 0 Å². The molecule has 0 spiro atoms. The molecular weight excluding hydrogens is 420 g/mol. The number of nitrogens with zero attached hydrogens (tertiary/aromatic N) is 1. The molecule has 31 heavy (non-hydrogen) atoms. The van der Waals surface area contributed by atoms with Crippen LogP contribution < -0.4 is 5.32 Å². The minimum atomic E-state index is -0.794. The number of carbonyl (C=O) groups excluding carboxylic acids is 4. The molecule has 1 aromatic heterocycles. The summed E-state index contributed by atoms with van der Waals surface area (Å²) in [5, 5.41) is 2.96. The van der Waals surface area contributed by atoms with Crippen LogP contribution in [0.4, 0.5) is 5.00 Å². The fourth-order valence-electron chi connectivity index (χ4n) is 3.52. The van der Waals surface area contributed by atoms with Gasteiger partial charge < -0.3 is 19.7 Å². The molecule has 0 bridgehead atoms. The van der Waals surface area contributed by atoms with Crippen molar-refractivity contribution in [2.75, 3.05) is 19.0 Å². The molecule has 2 amide bonds. The van der Waals surface area contributed by atoms with Gasteiger partial charge in [-0.05, 0) is 30.5 Å². The number of nitrogens with one attached hydrogen (secondary N) is 1. The topological polar surface area (TPSA) is 102 Å². The summed E-state index contributed by atoms with van der Waals surface area (Å²) in [4.78, 5) is 51.5. The highest BCUT2D eigenvalue weighted by Crippen LogP contribution is 2.33. The molecule has 2 heterocycles. The number of benzene rings is 1. The number of esters is 2. The SMILES string of the molecule is COC(=O)c1c(NC(=O)COC(=O)[C@@H]2Cc3ccccc3CN2C(C)=O)sc(C)c1C. The summed E-state index contributed by atoms with van der Waals surface area (Å²) in [6.07, 6.45) is 0.325. The van der Waals surface area contributed by atoms with E-state index in [1.165, 1.54) is 30.3 Å². The van der Waals surface area contributed by atoms with Crippen molar-refractivity contribution in [1.82, 2.24) is 4.90 Å². The quantitative estimate of drug-likeness (QED) is 0.712. The molecule has 9 heteroatoms. The van der Waals surface area contributed by atoms with Crippen LogP contribution in [0.25, 0.3) is 0 Å². The zero-order chi connectivity index (χ0) is 22.7. The molecule has 1 aliphatic heterocycles. The lowest BCUT2D eigenvalue weighted by Gasteiger charge is -2.34. The molecule has 0 aliphatic carbocycles. The first-order valence-electron chi connectivity index (χ1n) is 9.71. The second-order valence-corrected chi connectivity index (χ2v) is 8.50. The Hall–Kier alpha value is -3.20. The maximum absolute atomic E-state index is 12.7. The van der Waals surface area contributed by atoms with Crippen molar-refractivity contribution >= 4 is 40.1 Å². The number of carbonyl (C=O) groups is 4. The highest BCUT2D eigenvalue weighted by Gasteiger charge is 2.34. The van der Waals surface area contributed by atoms with Crippen LogP contribution in [0, 0.1) is 13.8 Å². The Balaban J connectivity index is 1.67. The Labute approximate surface area is 184 Å². The van der Waals surface area contributed by atoms with Gasteiger partial charge in [0.05, 0.1) is 12.7 Å². The van der Waals surface area contributed by atoms with E-state index in [-0.39, 0.29) is 11.5 Å². The van der Waals surface area contributed by atoms with Gasteiger partial charge in [-0.2, -0.15) is 0 Å². The van der Waals surface area contributed by atoms with Gasteiger partial charge in [0, 0.05) is 24.8 Å². The van der Waals surface area contributed by atoms with Gasteiger partial charge >= 0.3 is 11.9 Å². The van der Waals surface area contributed by atoms with Gasteiger partial charge in [-0.1, -0.05) is 24.3 Å². The predicted octanol–water partition coefficient (Wildman–Crippen LogP) is 2.61. The van der Waals surface area contributed by atoms with Gasteiger partial charge in [0.25, 0.3) is 5.91 Å². The number of methoxy groups -OCH3 is 1. The Morgan fingerprint density at radius 1 is 1.16 bits per heavy atom. The van der Waals surface area contributed by atoms with E-state index in [0.717, 1.165) is 21.6 Å². The number of anilines is 1. The molecule has 1 N–H and O–H groups in total. The predicted molar refractivity (Wildman–Crippen MR) is 115 cm³/mol. The summed E-state index contributed by atoms with van der Waals surface area (Å²) in [5.74, 6) is -2.02. The van der Waals surface area contributed by atoms with Crippen LogP contribution in [0.3, 0.4) is 0 Å². The number of hydrogen-bond acceptors (Lipinski definition) is 7. The zero-order valence-corrected chi connectivity index (χ0v) is 18.6. The highest BCUT2D eigenvalue weighted by molar-refractivity contribution is 7.16. The van der Waals surface area contributed by atoms with E-state index in [1.807, 2.05) is 31.2 Å². The van der Waals surface area contributed by atoms with E-state index in [4.69, 9.17) is 9.47 Å². The molecule has 0 saturated carbocycles. The number of fused-ring (bicyclic) bond motifs is 1. The molecule has 2 aromatic rings. The fraction of sp³-hybridized carbons (Fsp3) is 0.364. The lowest BCUT2D eigenvalue weighted by molar-refractivity contribution is -0.157. The van der Waals surface area contributed by atoms with Crippen molar-refractivity contribution in [3.05, 3.63) is 51.4 Å². The average Bonchev–Trinajstić information content (AvgIpc) is 3.03. The van der Waals surface area contributed by atoms with Crippen molar-refractivity contribution in [2.24, 2.45) is 0 Å². The summed E-state index contributed by atoms with van der Waals surface area (Å²) < 4.78 is 10.0. The maximum atomic E-state index is 12.7. The van der Waals surface area contributed by atoms with Crippen molar-refractivity contribution in [3.63, 3.8) is 0 Å². The molecule has 1 aliphatic rings. The summed E-state index contributed by atoms with van der Waals surface area (Å²) in [6, 6.07) is 6.80. The van der Waals surface area contributed by atoms with E-state index in [2.05, 4.69) is 5.32 Å². The van der Waals surface area contributed by atoms with Crippen LogP contribution in [0.15, 0.2) is 24.3 Å². The van der Waals surface area contributed by atoms with Crippen molar-refractivity contribution in [1.29, 1.82) is 0 Å². The van der Waals surface area contributed by atoms with Crippen molar-refractivity contribution in [2.45, 2.75) is 39.8 Å². The van der Waals surface area contributed by atoms with Crippen LogP contribution in [0.5, 0.6) is 0 Å². The van der Waals surface area contributed by atoms with E-state index >= 15 is 0 Å². The molecule has 0 fully saturated rings. The Morgan fingerprint density at radius 3 is 2.48 bits per heavy atom. The molecule has 8 nitrogen and oxygen atoms in total. The third-order valence-corrected chi connectivity index (χ3v) is 6.42. The normalized spacial score (nSPS) is 15.1. The Kier molecular flexibility index (Phi) is 6.74. The number of rotatable bonds is 5. The van der Waals surface area contributed by atoms with Gasteiger partial charge in [-0.15, -0.1) is 11.3 Å². The average molecular weight is 445 g/mol. The largest absolute Gasteiger partial charge is 0.465 e. The molecule has 164 valence electrons. The number of amides is 2. The van der Waals surface area contributed by atoms with E-state index in [0.29, 0.717) is 18.0 Å². The number of ether oxygens (including phenoxy) is 2. The first kappa shape index (κ1) is 22.5. The second kappa shape index (κ2) is 9.30. The molecule has 1 aromatic carbocycles. The number of aryl methyl sites for hydroxylation is 1. The van der Waals surface area contributed by atoms with Gasteiger partial charge in [-0.25, -0.2) is 9.59 Å². The minimum Gasteiger partial charge on any atom is -0.465 e. The molecule has 0 unspecified atom stereocenters. The maximum Gasteiger partial charge on any atom is 0.341 e. The van der Waals surface area contributed by atoms with Crippen LogP contribution in [-0.2, 0) is 36.8 Å². The first-order valence-corrected chi connectivity index (χ1v) is 10.5. The third-order valence-electron chi connectivity index (χ3n) is 5.30. The molecule has 3 rings (SSSR count). The van der Waals surface area contributed by atoms with Gasteiger partial charge in [0.1, 0.15) is 11.0 Å². The molecule has 1 atom stereocenters. The molecule has 0 radical (unpaired) electrons. The summed E-state index contributed by atoms with van der Waals surface area (Å²) >= 11 is 1.25. The molecule has 0 saturated heterocycles. The van der Waals surface area contributed by atoms with Crippen LogP contribution >= 0.6 is 11.3 Å². The van der Waals surface area contributed by atoms with Crippen LogP contribution in [0.2, 0.25) is 0 Å². The zero-order valence-electron chi connectivity index (χ0n) is 17.8. The van der Waals surface area contributed by atoms with Crippen LogP contribution in [0.1, 0.15) is 38.8 Å². The fourth-order valence-corrected chi connectivity index (χ4v) is 4.59. The third kappa shape index (κ3) is 4.77. The summed E-state index contributed by atoms with van der Waals surface area (Å²) in [5.41, 5.74) is 2.97. The van der Waals surface area contributed by atoms with E-state index in [1.54, 1.807) is 6.92 Å². The number of thiophene rings is 1. The van der Waals surface area contributed by atoms with Crippen LogP contribution in [-0.4, -0.2) is 48.4 Å². The standard InChI is InChI=1S/C22H24N2O6S/c1-12-13(2)31-20(19(12)22(28)29-4)23-18(26)11-30-21(27)17-9-15-7-5-6-8-16(15)10-24(17)14(3)25/h5-8,17H,9-11H2,1-4H3,(H,23,26)/t17-/m0/s1. The molecular formula is C22H24N2O6S. The smallest absolute Gasteiger partial charge is 0.341 e. The number of hydrogen-bond donors (Lipinski definition) is 1.